The Bertz CT molecular complexity index is 569. The molecule has 0 spiro atoms. The standard InChI is InChI=1S/C15H19F3N2O3/c1-3-14(23,4-2)9-19-12(21)13(22)20-11-8-6-5-7-10(11)15(16,17)18/h5-8,23H,3-4,9H2,1-2H3,(H,19,21)(H,20,22). The number of benzene rings is 1. The Morgan fingerprint density at radius 3 is 2.17 bits per heavy atom. The van der Waals surface area contributed by atoms with Gasteiger partial charge < -0.3 is 15.7 Å². The summed E-state index contributed by atoms with van der Waals surface area (Å²) in [6, 6.07) is 4.36. The van der Waals surface area contributed by atoms with E-state index in [1.807, 2.05) is 5.32 Å². The van der Waals surface area contributed by atoms with Crippen LogP contribution in [0.5, 0.6) is 0 Å². The van der Waals surface area contributed by atoms with Gasteiger partial charge in [-0.25, -0.2) is 0 Å². The molecule has 0 radical (unpaired) electrons. The zero-order chi connectivity index (χ0) is 17.7. The van der Waals surface area contributed by atoms with Crippen LogP contribution in [0.25, 0.3) is 0 Å². The molecule has 0 heterocycles. The predicted octanol–water partition coefficient (Wildman–Crippen LogP) is 2.31. The first-order valence-electron chi connectivity index (χ1n) is 7.10. The molecule has 1 aromatic carbocycles. The maximum absolute atomic E-state index is 12.8. The van der Waals surface area contributed by atoms with Crippen molar-refractivity contribution in [1.82, 2.24) is 5.32 Å². The summed E-state index contributed by atoms with van der Waals surface area (Å²) in [5.74, 6) is -2.33. The van der Waals surface area contributed by atoms with Crippen LogP contribution in [-0.2, 0) is 15.8 Å². The molecule has 5 nitrogen and oxygen atoms in total. The van der Waals surface area contributed by atoms with Crippen molar-refractivity contribution in [2.45, 2.75) is 38.5 Å². The first kappa shape index (κ1) is 19.0. The molecule has 0 saturated carbocycles. The van der Waals surface area contributed by atoms with Gasteiger partial charge in [-0.3, -0.25) is 9.59 Å². The normalized spacial score (nSPS) is 11.9. The largest absolute Gasteiger partial charge is 0.418 e. The molecule has 0 aromatic heterocycles. The van der Waals surface area contributed by atoms with Gasteiger partial charge in [0.15, 0.2) is 0 Å². The van der Waals surface area contributed by atoms with Crippen molar-refractivity contribution < 1.29 is 27.9 Å². The first-order chi connectivity index (χ1) is 10.6. The van der Waals surface area contributed by atoms with Gasteiger partial charge in [-0.05, 0) is 25.0 Å². The Kier molecular flexibility index (Phi) is 6.14. The third kappa shape index (κ3) is 5.24. The number of carbonyl (C=O) groups is 2. The van der Waals surface area contributed by atoms with Crippen LogP contribution in [0.15, 0.2) is 24.3 Å². The number of nitrogens with one attached hydrogen (secondary N) is 2. The quantitative estimate of drug-likeness (QED) is 0.724. The fourth-order valence-corrected chi connectivity index (χ4v) is 1.84. The highest BCUT2D eigenvalue weighted by Crippen LogP contribution is 2.34. The molecule has 0 unspecified atom stereocenters. The molecule has 0 aliphatic carbocycles. The average Bonchev–Trinajstić information content (AvgIpc) is 2.51. The number of hydrogen-bond donors (Lipinski definition) is 3. The number of amides is 2. The van der Waals surface area contributed by atoms with E-state index < -0.39 is 34.8 Å². The number of aliphatic hydroxyl groups is 1. The van der Waals surface area contributed by atoms with E-state index in [2.05, 4.69) is 5.32 Å². The van der Waals surface area contributed by atoms with Crippen LogP contribution in [0.3, 0.4) is 0 Å². The lowest BCUT2D eigenvalue weighted by molar-refractivity contribution is -0.138. The van der Waals surface area contributed by atoms with Gasteiger partial charge in [-0.2, -0.15) is 13.2 Å². The Labute approximate surface area is 131 Å². The number of rotatable bonds is 5. The van der Waals surface area contributed by atoms with Gasteiger partial charge in [0.2, 0.25) is 0 Å². The van der Waals surface area contributed by atoms with Crippen molar-refractivity contribution in [3.05, 3.63) is 29.8 Å². The fraction of sp³-hybridized carbons (Fsp3) is 0.467. The van der Waals surface area contributed by atoms with Crippen molar-refractivity contribution in [3.8, 4) is 0 Å². The smallest absolute Gasteiger partial charge is 0.388 e. The molecule has 0 fully saturated rings. The highest BCUT2D eigenvalue weighted by atomic mass is 19.4. The van der Waals surface area contributed by atoms with E-state index in [-0.39, 0.29) is 6.54 Å². The highest BCUT2D eigenvalue weighted by Gasteiger charge is 2.34. The molecular formula is C15H19F3N2O3. The second kappa shape index (κ2) is 7.45. The fourth-order valence-electron chi connectivity index (χ4n) is 1.84. The maximum Gasteiger partial charge on any atom is 0.418 e. The molecule has 0 bridgehead atoms. The zero-order valence-corrected chi connectivity index (χ0v) is 12.8. The number of hydrogen-bond acceptors (Lipinski definition) is 3. The predicted molar refractivity (Wildman–Crippen MR) is 78.6 cm³/mol. The Morgan fingerprint density at radius 1 is 1.09 bits per heavy atom. The summed E-state index contributed by atoms with van der Waals surface area (Å²) in [6.07, 6.45) is -3.92. The molecule has 23 heavy (non-hydrogen) atoms. The van der Waals surface area contributed by atoms with Gasteiger partial charge >= 0.3 is 18.0 Å². The Hall–Kier alpha value is -2.09. The highest BCUT2D eigenvalue weighted by molar-refractivity contribution is 6.39. The average molecular weight is 332 g/mol. The number of para-hydroxylation sites is 1. The van der Waals surface area contributed by atoms with Gasteiger partial charge in [-0.15, -0.1) is 0 Å². The Morgan fingerprint density at radius 2 is 1.65 bits per heavy atom. The summed E-state index contributed by atoms with van der Waals surface area (Å²) in [4.78, 5) is 23.4. The van der Waals surface area contributed by atoms with Crippen molar-refractivity contribution >= 4 is 17.5 Å². The summed E-state index contributed by atoms with van der Waals surface area (Å²) in [5.41, 5.74) is -2.69. The number of anilines is 1. The molecular weight excluding hydrogens is 313 g/mol. The summed E-state index contributed by atoms with van der Waals surface area (Å²) in [5, 5.41) is 14.2. The summed E-state index contributed by atoms with van der Waals surface area (Å²) in [6.45, 7) is 3.28. The van der Waals surface area contributed by atoms with E-state index >= 15 is 0 Å². The molecule has 1 rings (SSSR count). The second-order valence-electron chi connectivity index (χ2n) is 5.11. The van der Waals surface area contributed by atoms with Crippen LogP contribution in [-0.4, -0.2) is 29.1 Å². The second-order valence-corrected chi connectivity index (χ2v) is 5.11. The molecule has 0 aliphatic heterocycles. The molecule has 0 aliphatic rings. The zero-order valence-electron chi connectivity index (χ0n) is 12.8. The van der Waals surface area contributed by atoms with Crippen molar-refractivity contribution in [3.63, 3.8) is 0 Å². The molecule has 2 amide bonds. The molecule has 0 saturated heterocycles. The molecule has 128 valence electrons. The number of carbonyl (C=O) groups excluding carboxylic acids is 2. The maximum atomic E-state index is 12.8. The van der Waals surface area contributed by atoms with Crippen LogP contribution in [0, 0.1) is 0 Å². The van der Waals surface area contributed by atoms with Crippen LogP contribution < -0.4 is 10.6 Å². The van der Waals surface area contributed by atoms with E-state index in [1.54, 1.807) is 13.8 Å². The van der Waals surface area contributed by atoms with E-state index in [4.69, 9.17) is 0 Å². The van der Waals surface area contributed by atoms with Crippen LogP contribution in [0.4, 0.5) is 18.9 Å². The van der Waals surface area contributed by atoms with Gasteiger partial charge in [-0.1, -0.05) is 26.0 Å². The van der Waals surface area contributed by atoms with Crippen LogP contribution >= 0.6 is 0 Å². The summed E-state index contributed by atoms with van der Waals surface area (Å²) < 4.78 is 38.4. The lowest BCUT2D eigenvalue weighted by Gasteiger charge is -2.25. The number of halogens is 3. The molecule has 8 heteroatoms. The van der Waals surface area contributed by atoms with Gasteiger partial charge in [0.05, 0.1) is 16.9 Å². The van der Waals surface area contributed by atoms with Gasteiger partial charge in [0.1, 0.15) is 0 Å². The van der Waals surface area contributed by atoms with E-state index in [0.717, 1.165) is 12.1 Å². The minimum absolute atomic E-state index is 0.160. The van der Waals surface area contributed by atoms with Crippen molar-refractivity contribution in [1.29, 1.82) is 0 Å². The minimum Gasteiger partial charge on any atom is -0.388 e. The van der Waals surface area contributed by atoms with Crippen LogP contribution in [0.1, 0.15) is 32.3 Å². The van der Waals surface area contributed by atoms with Gasteiger partial charge in [0.25, 0.3) is 0 Å². The van der Waals surface area contributed by atoms with E-state index in [0.29, 0.717) is 12.8 Å². The first-order valence-corrected chi connectivity index (χ1v) is 7.10. The van der Waals surface area contributed by atoms with E-state index in [9.17, 15) is 27.9 Å². The molecule has 0 atom stereocenters. The van der Waals surface area contributed by atoms with Gasteiger partial charge in [0, 0.05) is 6.54 Å². The third-order valence-electron chi connectivity index (χ3n) is 3.58. The lowest BCUT2D eigenvalue weighted by Crippen LogP contribution is -2.45. The SMILES string of the molecule is CCC(O)(CC)CNC(=O)C(=O)Nc1ccccc1C(F)(F)F. The van der Waals surface area contributed by atoms with Crippen molar-refractivity contribution in [2.24, 2.45) is 0 Å². The third-order valence-corrected chi connectivity index (χ3v) is 3.58. The lowest BCUT2D eigenvalue weighted by atomic mass is 9.98. The van der Waals surface area contributed by atoms with Crippen LogP contribution in [0.2, 0.25) is 0 Å². The topological polar surface area (TPSA) is 78.4 Å². The minimum atomic E-state index is -4.65. The Balaban J connectivity index is 2.76. The monoisotopic (exact) mass is 332 g/mol. The van der Waals surface area contributed by atoms with Crippen molar-refractivity contribution in [2.75, 3.05) is 11.9 Å². The summed E-state index contributed by atoms with van der Waals surface area (Å²) >= 11 is 0. The molecule has 3 N–H and O–H groups in total. The summed E-state index contributed by atoms with van der Waals surface area (Å²) in [7, 11) is 0. The van der Waals surface area contributed by atoms with E-state index in [1.165, 1.54) is 12.1 Å². The number of alkyl halides is 3. The molecule has 1 aromatic rings.